The molecule has 1 amide bonds. The fourth-order valence-corrected chi connectivity index (χ4v) is 8.49. The number of carbonyl (C=O) groups is 1. The first-order valence-electron chi connectivity index (χ1n) is 13.9. The van der Waals surface area contributed by atoms with Crippen molar-refractivity contribution in [1.29, 1.82) is 0 Å². The van der Waals surface area contributed by atoms with Crippen LogP contribution in [0.5, 0.6) is 0 Å². The molecule has 0 saturated heterocycles. The fraction of sp³-hybridized carbons (Fsp3) is 0.677. The molecule has 0 spiro atoms. The van der Waals surface area contributed by atoms with Gasteiger partial charge in [0.25, 0.3) is 0 Å². The molecule has 0 unspecified atom stereocenters. The Morgan fingerprint density at radius 2 is 1.77 bits per heavy atom. The van der Waals surface area contributed by atoms with Crippen molar-refractivity contribution in [1.82, 2.24) is 9.88 Å². The fourth-order valence-electron chi connectivity index (χ4n) is 8.49. The molecule has 190 valence electrons. The second-order valence-corrected chi connectivity index (χ2v) is 12.7. The monoisotopic (exact) mass is 476 g/mol. The van der Waals surface area contributed by atoms with Crippen LogP contribution in [0.15, 0.2) is 42.3 Å². The maximum absolute atomic E-state index is 12.9. The Morgan fingerprint density at radius 3 is 2.46 bits per heavy atom. The third-order valence-corrected chi connectivity index (χ3v) is 10.2. The lowest BCUT2D eigenvalue weighted by Crippen LogP contribution is -2.50. The van der Waals surface area contributed by atoms with Crippen molar-refractivity contribution in [3.8, 4) is 0 Å². The highest BCUT2D eigenvalue weighted by atomic mass is 16.6. The van der Waals surface area contributed by atoms with Crippen molar-refractivity contribution in [2.45, 2.75) is 105 Å². The number of ether oxygens (including phenoxy) is 1. The number of hydrogen-bond acceptors (Lipinski definition) is 3. The average molecular weight is 477 g/mol. The largest absolute Gasteiger partial charge is 0.446 e. The number of aromatic nitrogens is 1. The maximum Gasteiger partial charge on any atom is 0.410 e. The number of pyridine rings is 1. The van der Waals surface area contributed by atoms with E-state index in [2.05, 4.69) is 70.8 Å². The summed E-state index contributed by atoms with van der Waals surface area (Å²) in [4.78, 5) is 19.2. The van der Waals surface area contributed by atoms with E-state index >= 15 is 0 Å². The first-order chi connectivity index (χ1) is 16.6. The van der Waals surface area contributed by atoms with Gasteiger partial charge >= 0.3 is 6.09 Å². The summed E-state index contributed by atoms with van der Waals surface area (Å²) in [6, 6.07) is 4.61. The van der Waals surface area contributed by atoms with Gasteiger partial charge in [-0.15, -0.1) is 0 Å². The number of allylic oxidation sites excluding steroid dienone is 3. The van der Waals surface area contributed by atoms with Crippen LogP contribution in [0.25, 0.3) is 5.57 Å². The van der Waals surface area contributed by atoms with Gasteiger partial charge in [-0.3, -0.25) is 4.98 Å². The molecule has 2 saturated carbocycles. The minimum absolute atomic E-state index is 0.0116. The topological polar surface area (TPSA) is 42.4 Å². The number of carbonyl (C=O) groups excluding carboxylic acids is 1. The molecule has 4 aliphatic rings. The van der Waals surface area contributed by atoms with E-state index in [9.17, 15) is 4.79 Å². The van der Waals surface area contributed by atoms with E-state index in [1.54, 1.807) is 5.57 Å². The molecule has 4 heteroatoms. The average Bonchev–Trinajstić information content (AvgIpc) is 3.16. The minimum atomic E-state index is -0.147. The molecule has 0 bridgehead atoms. The van der Waals surface area contributed by atoms with E-state index in [4.69, 9.17) is 4.74 Å². The molecule has 0 radical (unpaired) electrons. The lowest BCUT2D eigenvalue weighted by molar-refractivity contribution is -0.0313. The van der Waals surface area contributed by atoms with Crippen molar-refractivity contribution >= 4 is 11.7 Å². The first-order valence-corrected chi connectivity index (χ1v) is 13.9. The van der Waals surface area contributed by atoms with Crippen LogP contribution in [0.4, 0.5) is 4.79 Å². The maximum atomic E-state index is 12.9. The van der Waals surface area contributed by atoms with Crippen LogP contribution in [-0.2, 0) is 4.74 Å². The van der Waals surface area contributed by atoms with E-state index in [1.165, 1.54) is 36.8 Å². The molecule has 1 heterocycles. The van der Waals surface area contributed by atoms with Crippen molar-refractivity contribution in [2.75, 3.05) is 0 Å². The Morgan fingerprint density at radius 1 is 1.03 bits per heavy atom. The van der Waals surface area contributed by atoms with Gasteiger partial charge in [0, 0.05) is 30.9 Å². The highest BCUT2D eigenvalue weighted by molar-refractivity contribution is 5.72. The third-order valence-electron chi connectivity index (χ3n) is 10.2. The van der Waals surface area contributed by atoms with Gasteiger partial charge in [-0.1, -0.05) is 37.6 Å². The summed E-state index contributed by atoms with van der Waals surface area (Å²) in [5.74, 6) is 2.19. The van der Waals surface area contributed by atoms with Crippen LogP contribution in [0.2, 0.25) is 0 Å². The highest BCUT2D eigenvalue weighted by Crippen LogP contribution is 2.66. The summed E-state index contributed by atoms with van der Waals surface area (Å²) in [7, 11) is 0. The van der Waals surface area contributed by atoms with Crippen LogP contribution in [0.3, 0.4) is 0 Å². The van der Waals surface area contributed by atoms with Crippen molar-refractivity contribution in [3.05, 3.63) is 47.8 Å². The second-order valence-electron chi connectivity index (χ2n) is 12.7. The lowest BCUT2D eigenvalue weighted by atomic mass is 9.47. The molecule has 1 aromatic heterocycles. The zero-order valence-corrected chi connectivity index (χ0v) is 22.6. The normalized spacial score (nSPS) is 36.1. The van der Waals surface area contributed by atoms with Crippen molar-refractivity contribution in [2.24, 2.45) is 28.6 Å². The van der Waals surface area contributed by atoms with Gasteiger partial charge in [0.05, 0.1) is 0 Å². The molecule has 6 atom stereocenters. The van der Waals surface area contributed by atoms with Gasteiger partial charge in [0.15, 0.2) is 0 Å². The molecule has 0 N–H and O–H groups in total. The SMILES string of the molecule is CC(C)N(C(=O)O[C@H]1CC[C@@]2(C)C(=CC[C@@H]3[C@@H]2CC[C@]2(C)C(c4cccnc4)=CC[C@@H]32)C1)C(C)C. The standard InChI is InChI=1S/C31H44N2O2/c1-20(2)33(21(3)4)29(34)35-24-13-15-30(5)23(18-24)9-10-25-27-12-11-26(22-8-7-17-32-19-22)31(27,6)16-14-28(25)30/h7-9,11,17,19-21,24-25,27-28H,10,12-16,18H2,1-6H3/t24-,25-,27-,28-,30-,31+/m0/s1. The van der Waals surface area contributed by atoms with Crippen LogP contribution >= 0.6 is 0 Å². The van der Waals surface area contributed by atoms with Gasteiger partial charge in [0.1, 0.15) is 6.10 Å². The third kappa shape index (κ3) is 4.05. The number of rotatable bonds is 4. The van der Waals surface area contributed by atoms with Crippen molar-refractivity contribution in [3.63, 3.8) is 0 Å². The zero-order valence-electron chi connectivity index (χ0n) is 22.6. The predicted octanol–water partition coefficient (Wildman–Crippen LogP) is 7.66. The molecule has 5 rings (SSSR count). The van der Waals surface area contributed by atoms with Crippen LogP contribution in [0, 0.1) is 28.6 Å². The van der Waals surface area contributed by atoms with Crippen LogP contribution < -0.4 is 0 Å². The Bertz CT molecular complexity index is 1000. The highest BCUT2D eigenvalue weighted by Gasteiger charge is 2.57. The van der Waals surface area contributed by atoms with Gasteiger partial charge in [-0.25, -0.2) is 4.79 Å². The molecule has 0 aromatic carbocycles. The molecule has 2 fully saturated rings. The summed E-state index contributed by atoms with van der Waals surface area (Å²) in [6.45, 7) is 13.3. The number of amides is 1. The van der Waals surface area contributed by atoms with Crippen molar-refractivity contribution < 1.29 is 9.53 Å². The molecule has 4 nitrogen and oxygen atoms in total. The minimum Gasteiger partial charge on any atom is -0.446 e. The first kappa shape index (κ1) is 24.6. The van der Waals surface area contributed by atoms with Gasteiger partial charge in [-0.2, -0.15) is 0 Å². The molecule has 1 aromatic rings. The number of nitrogens with zero attached hydrogens (tertiary/aromatic N) is 2. The van der Waals surface area contributed by atoms with Crippen LogP contribution in [0.1, 0.15) is 92.1 Å². The summed E-state index contributed by atoms with van der Waals surface area (Å²) in [5, 5.41) is 0. The quantitative estimate of drug-likeness (QED) is 0.419. The van der Waals surface area contributed by atoms with E-state index < -0.39 is 0 Å². The van der Waals surface area contributed by atoms with Gasteiger partial charge < -0.3 is 9.64 Å². The molecular formula is C31H44N2O2. The summed E-state index contributed by atoms with van der Waals surface area (Å²) in [6.07, 6.45) is 16.8. The van der Waals surface area contributed by atoms with E-state index in [1.807, 2.05) is 17.3 Å². The Labute approximate surface area is 212 Å². The Kier molecular flexibility index (Phi) is 6.38. The van der Waals surface area contributed by atoms with Crippen LogP contribution in [-0.4, -0.2) is 34.2 Å². The Hall–Kier alpha value is -2.10. The molecule has 4 aliphatic carbocycles. The molecular weight excluding hydrogens is 432 g/mol. The smallest absolute Gasteiger partial charge is 0.410 e. The lowest BCUT2D eigenvalue weighted by Gasteiger charge is -2.58. The Balaban J connectivity index is 1.32. The van der Waals surface area contributed by atoms with Gasteiger partial charge in [-0.05, 0) is 112 Å². The van der Waals surface area contributed by atoms with E-state index in [0.29, 0.717) is 5.92 Å². The number of fused-ring (bicyclic) bond motifs is 5. The molecule has 35 heavy (non-hydrogen) atoms. The second kappa shape index (κ2) is 9.09. The predicted molar refractivity (Wildman–Crippen MR) is 142 cm³/mol. The summed E-state index contributed by atoms with van der Waals surface area (Å²) in [5.41, 5.74) is 4.92. The zero-order chi connectivity index (χ0) is 25.0. The van der Waals surface area contributed by atoms with E-state index in [0.717, 1.165) is 31.1 Å². The number of hydrogen-bond donors (Lipinski definition) is 0. The van der Waals surface area contributed by atoms with E-state index in [-0.39, 0.29) is 35.1 Å². The summed E-state index contributed by atoms with van der Waals surface area (Å²) < 4.78 is 6.09. The van der Waals surface area contributed by atoms with Gasteiger partial charge in [0.2, 0.25) is 0 Å². The summed E-state index contributed by atoms with van der Waals surface area (Å²) >= 11 is 0. The molecule has 0 aliphatic heterocycles.